The molecule has 0 spiro atoms. The van der Waals surface area contributed by atoms with Gasteiger partial charge in [0.2, 0.25) is 17.6 Å². The molecule has 3 aliphatic rings. The zero-order chi connectivity index (χ0) is 37.9. The summed E-state index contributed by atoms with van der Waals surface area (Å²) in [5.74, 6) is -3.34. The maximum absolute atomic E-state index is 14.5. The van der Waals surface area contributed by atoms with Gasteiger partial charge in [0.15, 0.2) is 5.78 Å². The Balaban J connectivity index is 1.82. The molecule has 1 saturated heterocycles. The van der Waals surface area contributed by atoms with Crippen LogP contribution in [0.2, 0.25) is 0 Å². The van der Waals surface area contributed by atoms with E-state index in [1.165, 1.54) is 11.0 Å². The summed E-state index contributed by atoms with van der Waals surface area (Å²) in [6.45, 7) is 11.4. The number of unbranched alkanes of at least 4 members (excludes halogenated alkanes) is 2. The fourth-order valence-corrected chi connectivity index (χ4v) is 7.18. The second kappa shape index (κ2) is 19.4. The number of hydrogen-bond acceptors (Lipinski definition) is 6. The molecule has 0 aromatic heterocycles. The van der Waals surface area contributed by atoms with Crippen LogP contribution in [0, 0.1) is 29.6 Å². The molecule has 11 nitrogen and oxygen atoms in total. The van der Waals surface area contributed by atoms with Gasteiger partial charge in [-0.2, -0.15) is 13.2 Å². The summed E-state index contributed by atoms with van der Waals surface area (Å²) in [6.07, 6.45) is 2.25. The number of alkyl halides is 3. The van der Waals surface area contributed by atoms with Gasteiger partial charge in [0.25, 0.3) is 5.91 Å². The highest BCUT2D eigenvalue weighted by Gasteiger charge is 2.46. The molecule has 288 valence electrons. The van der Waals surface area contributed by atoms with E-state index in [9.17, 15) is 41.9 Å². The fraction of sp³-hybridized carbons (Fsp3) is 0.784. The zero-order valence-corrected chi connectivity index (χ0v) is 30.6. The quantitative estimate of drug-likeness (QED) is 0.0838. The molecule has 2 saturated carbocycles. The number of urea groups is 1. The normalized spacial score (nSPS) is 21.5. The van der Waals surface area contributed by atoms with Crippen LogP contribution in [0.4, 0.5) is 18.0 Å². The van der Waals surface area contributed by atoms with E-state index in [0.29, 0.717) is 19.3 Å². The molecule has 0 aromatic rings. The molecular weight excluding hydrogens is 667 g/mol. The summed E-state index contributed by atoms with van der Waals surface area (Å²) < 4.78 is 38.0. The highest BCUT2D eigenvalue weighted by Crippen LogP contribution is 2.34. The number of ketones is 2. The maximum atomic E-state index is 14.5. The van der Waals surface area contributed by atoms with E-state index < -0.39 is 66.3 Å². The molecule has 2 aliphatic carbocycles. The van der Waals surface area contributed by atoms with Gasteiger partial charge >= 0.3 is 12.2 Å². The first-order valence-electron chi connectivity index (χ1n) is 18.7. The van der Waals surface area contributed by atoms with Crippen molar-refractivity contribution < 1.29 is 41.9 Å². The lowest BCUT2D eigenvalue weighted by atomic mass is 9.83. The van der Waals surface area contributed by atoms with Crippen LogP contribution >= 0.6 is 0 Å². The predicted octanol–water partition coefficient (Wildman–Crippen LogP) is 4.98. The first-order chi connectivity index (χ1) is 24.0. The number of halogens is 3. The molecule has 14 heteroatoms. The summed E-state index contributed by atoms with van der Waals surface area (Å²) >= 11 is 0. The van der Waals surface area contributed by atoms with Crippen molar-refractivity contribution in [1.82, 2.24) is 26.2 Å². The second-order valence-electron chi connectivity index (χ2n) is 15.3. The van der Waals surface area contributed by atoms with Crippen LogP contribution in [-0.2, 0) is 24.0 Å². The van der Waals surface area contributed by atoms with Gasteiger partial charge in [-0.15, -0.1) is 6.58 Å². The van der Waals surface area contributed by atoms with E-state index in [2.05, 4.69) is 27.8 Å². The van der Waals surface area contributed by atoms with Gasteiger partial charge in [-0.1, -0.05) is 65.9 Å². The minimum atomic E-state index is -4.31. The van der Waals surface area contributed by atoms with Gasteiger partial charge in [-0.05, 0) is 68.6 Å². The Bertz CT molecular complexity index is 1250. The summed E-state index contributed by atoms with van der Waals surface area (Å²) in [5.41, 5.74) is 0. The van der Waals surface area contributed by atoms with Gasteiger partial charge in [0.1, 0.15) is 12.1 Å². The number of carbonyl (C=O) groups is 6. The molecule has 5 amide bonds. The molecule has 4 N–H and O–H groups in total. The van der Waals surface area contributed by atoms with Gasteiger partial charge in [-0.3, -0.25) is 24.0 Å². The number of nitrogens with zero attached hydrogens (tertiary/aromatic N) is 1. The van der Waals surface area contributed by atoms with Crippen LogP contribution in [0.25, 0.3) is 0 Å². The van der Waals surface area contributed by atoms with Gasteiger partial charge in [-0.25, -0.2) is 4.79 Å². The van der Waals surface area contributed by atoms with Crippen molar-refractivity contribution in [3.63, 3.8) is 0 Å². The molecule has 3 rings (SSSR count). The van der Waals surface area contributed by atoms with Crippen molar-refractivity contribution in [2.75, 3.05) is 13.1 Å². The third kappa shape index (κ3) is 12.9. The van der Waals surface area contributed by atoms with Gasteiger partial charge < -0.3 is 26.2 Å². The van der Waals surface area contributed by atoms with Crippen molar-refractivity contribution in [2.24, 2.45) is 29.6 Å². The topological polar surface area (TPSA) is 154 Å². The number of Topliss-reactive ketones (excluding diaryl/α,β-unsaturated/α-hetero) is 2. The minimum Gasteiger partial charge on any atom is -0.346 e. The van der Waals surface area contributed by atoms with Crippen LogP contribution in [0.15, 0.2) is 12.7 Å². The summed E-state index contributed by atoms with van der Waals surface area (Å²) in [6, 6.07) is -4.57. The number of nitrogens with one attached hydrogen (secondary N) is 4. The Hall–Kier alpha value is -3.45. The van der Waals surface area contributed by atoms with Crippen molar-refractivity contribution in [1.29, 1.82) is 0 Å². The summed E-state index contributed by atoms with van der Waals surface area (Å²) in [5, 5.41) is 10.8. The summed E-state index contributed by atoms with van der Waals surface area (Å²) in [4.78, 5) is 82.2. The largest absolute Gasteiger partial charge is 0.389 e. The lowest BCUT2D eigenvalue weighted by Crippen LogP contribution is -2.60. The number of carbonyl (C=O) groups excluding carboxylic acids is 6. The average Bonchev–Trinajstić information content (AvgIpc) is 3.83. The average molecular weight is 726 g/mol. The number of likely N-dealkylation sites (tertiary alicyclic amines) is 1. The van der Waals surface area contributed by atoms with E-state index in [1.54, 1.807) is 0 Å². The standard InChI is InChI=1S/C37H58F3N5O6/c1-6-19-41-34(49)32(47)27(15-11-8-12-18-37(38,39)40)42-33(48)28-20-26(22(2)3)21-45(28)35(50)30(24-13-9-7-10-14-24)44-36(51)43-29(23(4)5)31(46)25-16-17-25/h6,22-30H,1,7-21H2,2-5H3,(H,41,49)(H,42,48)(H2,43,44,51)/t26-,27?,28+,29+,30+/m1/s1. The molecule has 5 atom stereocenters. The monoisotopic (exact) mass is 725 g/mol. The molecule has 3 fully saturated rings. The van der Waals surface area contributed by atoms with Crippen molar-refractivity contribution >= 4 is 35.3 Å². The summed E-state index contributed by atoms with van der Waals surface area (Å²) in [7, 11) is 0. The van der Waals surface area contributed by atoms with Crippen LogP contribution in [0.1, 0.15) is 111 Å². The molecule has 51 heavy (non-hydrogen) atoms. The highest BCUT2D eigenvalue weighted by molar-refractivity contribution is 6.38. The Kier molecular flexibility index (Phi) is 16.0. The smallest absolute Gasteiger partial charge is 0.346 e. The number of amides is 5. The van der Waals surface area contributed by atoms with E-state index in [0.717, 1.165) is 32.1 Å². The molecule has 1 heterocycles. The third-order valence-corrected chi connectivity index (χ3v) is 10.5. The number of rotatable bonds is 19. The lowest BCUT2D eigenvalue weighted by Gasteiger charge is -2.35. The third-order valence-electron chi connectivity index (χ3n) is 10.5. The van der Waals surface area contributed by atoms with Crippen LogP contribution in [0.5, 0.6) is 0 Å². The molecule has 0 radical (unpaired) electrons. The predicted molar refractivity (Wildman–Crippen MR) is 186 cm³/mol. The molecule has 0 aromatic carbocycles. The van der Waals surface area contributed by atoms with Crippen molar-refractivity contribution in [2.45, 2.75) is 142 Å². The zero-order valence-electron chi connectivity index (χ0n) is 30.6. The molecule has 1 unspecified atom stereocenters. The number of hydrogen-bond donors (Lipinski definition) is 4. The van der Waals surface area contributed by atoms with Crippen LogP contribution < -0.4 is 21.3 Å². The van der Waals surface area contributed by atoms with Crippen molar-refractivity contribution in [3.05, 3.63) is 12.7 Å². The van der Waals surface area contributed by atoms with Crippen LogP contribution in [0.3, 0.4) is 0 Å². The van der Waals surface area contributed by atoms with Crippen molar-refractivity contribution in [3.8, 4) is 0 Å². The van der Waals surface area contributed by atoms with E-state index in [4.69, 9.17) is 0 Å². The lowest BCUT2D eigenvalue weighted by molar-refractivity contribution is -0.143. The second-order valence-corrected chi connectivity index (χ2v) is 15.3. The van der Waals surface area contributed by atoms with Gasteiger partial charge in [0.05, 0.1) is 12.1 Å². The van der Waals surface area contributed by atoms with Gasteiger partial charge in [0, 0.05) is 25.4 Å². The minimum absolute atomic E-state index is 0.00752. The molecular formula is C37H58F3N5O6. The molecule has 1 aliphatic heterocycles. The van der Waals surface area contributed by atoms with Crippen LogP contribution in [-0.4, -0.2) is 83.7 Å². The Morgan fingerprint density at radius 3 is 2.10 bits per heavy atom. The Morgan fingerprint density at radius 1 is 0.863 bits per heavy atom. The first kappa shape index (κ1) is 42.0. The first-order valence-corrected chi connectivity index (χ1v) is 18.7. The fourth-order valence-electron chi connectivity index (χ4n) is 7.18. The van der Waals surface area contributed by atoms with E-state index >= 15 is 0 Å². The molecule has 0 bridgehead atoms. The maximum Gasteiger partial charge on any atom is 0.389 e. The SMILES string of the molecule is C=CCNC(=O)C(=O)C(CCCCCC(F)(F)F)NC(=O)[C@@H]1C[C@@H](C(C)C)CN1C(=O)[C@@H](NC(=O)N[C@H](C(=O)C1CC1)C(C)C)C1CCCCC1. The Labute approximate surface area is 300 Å². The highest BCUT2D eigenvalue weighted by atomic mass is 19.4. The van der Waals surface area contributed by atoms with E-state index in [1.807, 2.05) is 27.7 Å². The van der Waals surface area contributed by atoms with E-state index in [-0.39, 0.29) is 74.1 Å². The Morgan fingerprint density at radius 2 is 1.53 bits per heavy atom.